The third-order valence-corrected chi connectivity index (χ3v) is 3.07. The van der Waals surface area contributed by atoms with Crippen LogP contribution in [0, 0.1) is 5.82 Å². The van der Waals surface area contributed by atoms with Crippen LogP contribution in [0.2, 0.25) is 0 Å². The minimum Gasteiger partial charge on any atom is -0.396 e. The smallest absolute Gasteiger partial charge is 0.220 e. The number of carbonyl (C=O) groups excluding carboxylic acids is 1. The van der Waals surface area contributed by atoms with Gasteiger partial charge in [0.1, 0.15) is 5.82 Å². The summed E-state index contributed by atoms with van der Waals surface area (Å²) in [6.45, 7) is 0.402. The van der Waals surface area contributed by atoms with Gasteiger partial charge < -0.3 is 10.4 Å². The predicted octanol–water partition coefficient (Wildman–Crippen LogP) is 2.37. The van der Waals surface area contributed by atoms with E-state index in [1.165, 1.54) is 12.1 Å². The topological polar surface area (TPSA) is 49.3 Å². The van der Waals surface area contributed by atoms with Crippen molar-refractivity contribution in [1.29, 1.82) is 0 Å². The second-order valence-corrected chi connectivity index (χ2v) is 4.55. The van der Waals surface area contributed by atoms with E-state index in [2.05, 4.69) is 21.2 Å². The molecule has 1 rings (SSSR count). The number of amides is 1. The molecule has 5 heteroatoms. The molecule has 2 N–H and O–H groups in total. The fourth-order valence-corrected chi connectivity index (χ4v) is 1.75. The summed E-state index contributed by atoms with van der Waals surface area (Å²) in [6.07, 6.45) is 1.66. The Kier molecular flexibility index (Phi) is 6.15. The third kappa shape index (κ3) is 5.28. The van der Waals surface area contributed by atoms with E-state index in [9.17, 15) is 9.18 Å². The van der Waals surface area contributed by atoms with Crippen molar-refractivity contribution in [2.45, 2.75) is 25.8 Å². The highest BCUT2D eigenvalue weighted by atomic mass is 79.9. The van der Waals surface area contributed by atoms with Crippen molar-refractivity contribution in [3.63, 3.8) is 0 Å². The van der Waals surface area contributed by atoms with E-state index in [1.54, 1.807) is 6.07 Å². The molecule has 0 saturated carbocycles. The summed E-state index contributed by atoms with van der Waals surface area (Å²) in [6, 6.07) is 4.36. The maximum atomic E-state index is 13.0. The van der Waals surface area contributed by atoms with Gasteiger partial charge in [0.05, 0.1) is 0 Å². The van der Waals surface area contributed by atoms with E-state index in [0.29, 0.717) is 31.4 Å². The highest BCUT2D eigenvalue weighted by molar-refractivity contribution is 9.10. The molecule has 17 heavy (non-hydrogen) atoms. The second-order valence-electron chi connectivity index (χ2n) is 3.69. The van der Waals surface area contributed by atoms with Crippen molar-refractivity contribution in [2.75, 3.05) is 6.61 Å². The van der Waals surface area contributed by atoms with Gasteiger partial charge in [-0.3, -0.25) is 4.79 Å². The van der Waals surface area contributed by atoms with Crippen molar-refractivity contribution in [3.05, 3.63) is 34.1 Å². The molecule has 1 aromatic carbocycles. The van der Waals surface area contributed by atoms with Crippen LogP contribution in [0.15, 0.2) is 22.7 Å². The minimum absolute atomic E-state index is 0.0883. The van der Waals surface area contributed by atoms with Crippen molar-refractivity contribution < 1.29 is 14.3 Å². The van der Waals surface area contributed by atoms with Crippen molar-refractivity contribution in [3.8, 4) is 0 Å². The minimum atomic E-state index is -0.322. The van der Waals surface area contributed by atoms with Crippen molar-refractivity contribution in [2.24, 2.45) is 0 Å². The molecule has 1 aromatic rings. The van der Waals surface area contributed by atoms with Crippen LogP contribution in [0.4, 0.5) is 4.39 Å². The van der Waals surface area contributed by atoms with Gasteiger partial charge in [0.25, 0.3) is 0 Å². The summed E-state index contributed by atoms with van der Waals surface area (Å²) in [5.41, 5.74) is 0.709. The zero-order valence-electron chi connectivity index (χ0n) is 9.38. The van der Waals surface area contributed by atoms with Crippen LogP contribution in [-0.4, -0.2) is 17.6 Å². The SMILES string of the molecule is O=C(CCCCO)NCc1cc(F)ccc1Br. The summed E-state index contributed by atoms with van der Waals surface area (Å²) in [5.74, 6) is -0.410. The molecule has 0 saturated heterocycles. The highest BCUT2D eigenvalue weighted by Crippen LogP contribution is 2.17. The van der Waals surface area contributed by atoms with E-state index in [-0.39, 0.29) is 18.3 Å². The van der Waals surface area contributed by atoms with Gasteiger partial charge in [0, 0.05) is 24.0 Å². The highest BCUT2D eigenvalue weighted by Gasteiger charge is 2.04. The van der Waals surface area contributed by atoms with Crippen LogP contribution >= 0.6 is 15.9 Å². The summed E-state index contributed by atoms with van der Waals surface area (Å²) in [4.78, 5) is 11.4. The lowest BCUT2D eigenvalue weighted by atomic mass is 10.2. The lowest BCUT2D eigenvalue weighted by Crippen LogP contribution is -2.22. The van der Waals surface area contributed by atoms with E-state index < -0.39 is 0 Å². The molecule has 94 valence electrons. The quantitative estimate of drug-likeness (QED) is 0.793. The average Bonchev–Trinajstić information content (AvgIpc) is 2.31. The number of halogens is 2. The van der Waals surface area contributed by atoms with Gasteiger partial charge in [-0.2, -0.15) is 0 Å². The Morgan fingerprint density at radius 3 is 2.88 bits per heavy atom. The molecule has 0 aliphatic heterocycles. The number of nitrogens with one attached hydrogen (secondary N) is 1. The van der Waals surface area contributed by atoms with Crippen LogP contribution < -0.4 is 5.32 Å². The zero-order chi connectivity index (χ0) is 12.7. The Morgan fingerprint density at radius 1 is 1.41 bits per heavy atom. The molecule has 0 fully saturated rings. The molecule has 0 spiro atoms. The Balaban J connectivity index is 2.39. The molecule has 0 heterocycles. The first kappa shape index (κ1) is 14.1. The maximum absolute atomic E-state index is 13.0. The molecule has 0 atom stereocenters. The van der Waals surface area contributed by atoms with Crippen LogP contribution in [0.25, 0.3) is 0 Å². The number of unbranched alkanes of at least 4 members (excludes halogenated alkanes) is 1. The molecule has 0 unspecified atom stereocenters. The maximum Gasteiger partial charge on any atom is 0.220 e. The Morgan fingerprint density at radius 2 is 2.18 bits per heavy atom. The molecular formula is C12H15BrFNO2. The first-order valence-electron chi connectivity index (χ1n) is 5.45. The van der Waals surface area contributed by atoms with Crippen LogP contribution in [-0.2, 0) is 11.3 Å². The normalized spacial score (nSPS) is 10.3. The number of carbonyl (C=O) groups is 1. The molecule has 0 radical (unpaired) electrons. The lowest BCUT2D eigenvalue weighted by molar-refractivity contribution is -0.121. The van der Waals surface area contributed by atoms with Gasteiger partial charge in [0.15, 0.2) is 0 Å². The third-order valence-electron chi connectivity index (χ3n) is 2.30. The van der Waals surface area contributed by atoms with E-state index >= 15 is 0 Å². The van der Waals surface area contributed by atoms with Gasteiger partial charge in [-0.15, -0.1) is 0 Å². The number of hydrogen-bond acceptors (Lipinski definition) is 2. The summed E-state index contributed by atoms with van der Waals surface area (Å²) >= 11 is 3.29. The van der Waals surface area contributed by atoms with E-state index in [0.717, 1.165) is 4.47 Å². The van der Waals surface area contributed by atoms with Crippen LogP contribution in [0.3, 0.4) is 0 Å². The monoisotopic (exact) mass is 303 g/mol. The van der Waals surface area contributed by atoms with E-state index in [4.69, 9.17) is 5.11 Å². The molecule has 3 nitrogen and oxygen atoms in total. The van der Waals surface area contributed by atoms with Crippen LogP contribution in [0.1, 0.15) is 24.8 Å². The Hall–Kier alpha value is -0.940. The fraction of sp³-hybridized carbons (Fsp3) is 0.417. The van der Waals surface area contributed by atoms with Gasteiger partial charge in [-0.05, 0) is 36.6 Å². The number of aliphatic hydroxyl groups is 1. The molecule has 0 bridgehead atoms. The zero-order valence-corrected chi connectivity index (χ0v) is 11.0. The molecular weight excluding hydrogens is 289 g/mol. The largest absolute Gasteiger partial charge is 0.396 e. The number of rotatable bonds is 6. The van der Waals surface area contributed by atoms with Gasteiger partial charge >= 0.3 is 0 Å². The first-order valence-corrected chi connectivity index (χ1v) is 6.24. The summed E-state index contributed by atoms with van der Waals surface area (Å²) in [7, 11) is 0. The van der Waals surface area contributed by atoms with Crippen molar-refractivity contribution in [1.82, 2.24) is 5.32 Å². The van der Waals surface area contributed by atoms with Gasteiger partial charge in [-0.25, -0.2) is 4.39 Å². The second kappa shape index (κ2) is 7.40. The van der Waals surface area contributed by atoms with Crippen molar-refractivity contribution >= 4 is 21.8 Å². The molecule has 0 aliphatic carbocycles. The van der Waals surface area contributed by atoms with Gasteiger partial charge in [0.2, 0.25) is 5.91 Å². The standard InChI is InChI=1S/C12H15BrFNO2/c13-11-5-4-10(14)7-9(11)8-15-12(17)3-1-2-6-16/h4-5,7,16H,1-3,6,8H2,(H,15,17). The Labute approximate surface area is 108 Å². The predicted molar refractivity (Wildman–Crippen MR) is 66.9 cm³/mol. The summed E-state index contributed by atoms with van der Waals surface area (Å²) < 4.78 is 13.7. The fourth-order valence-electron chi connectivity index (χ4n) is 1.36. The Bertz CT molecular complexity index is 385. The lowest BCUT2D eigenvalue weighted by Gasteiger charge is -2.07. The van der Waals surface area contributed by atoms with E-state index in [1.807, 2.05) is 0 Å². The molecule has 0 aliphatic rings. The first-order chi connectivity index (χ1) is 8.13. The molecule has 1 amide bonds. The number of aliphatic hydroxyl groups excluding tert-OH is 1. The average molecular weight is 304 g/mol. The van der Waals surface area contributed by atoms with Crippen LogP contribution in [0.5, 0.6) is 0 Å². The summed E-state index contributed by atoms with van der Waals surface area (Å²) in [5, 5.41) is 11.3. The number of benzene rings is 1. The molecule has 0 aromatic heterocycles. The van der Waals surface area contributed by atoms with Gasteiger partial charge in [-0.1, -0.05) is 15.9 Å². The number of hydrogen-bond donors (Lipinski definition) is 2.